The Bertz CT molecular complexity index is 294. The minimum atomic E-state index is -0.773. The Balaban J connectivity index is 2.33. The molecule has 5 nitrogen and oxygen atoms in total. The number of nitrogens with one attached hydrogen (secondary N) is 2. The van der Waals surface area contributed by atoms with Crippen LogP contribution in [-0.2, 0) is 9.59 Å². The summed E-state index contributed by atoms with van der Waals surface area (Å²) in [5.74, 6) is -0.637. The van der Waals surface area contributed by atoms with Crippen molar-refractivity contribution in [1.82, 2.24) is 10.6 Å². The summed E-state index contributed by atoms with van der Waals surface area (Å²) in [5.41, 5.74) is -0.250. The number of hydrogen-bond donors (Lipinski definition) is 3. The van der Waals surface area contributed by atoms with Crippen LogP contribution < -0.4 is 10.6 Å². The van der Waals surface area contributed by atoms with Gasteiger partial charge >= 0.3 is 5.97 Å². The predicted molar refractivity (Wildman–Crippen MR) is 73.9 cm³/mol. The van der Waals surface area contributed by atoms with Crippen LogP contribution in [0.1, 0.15) is 51.9 Å². The smallest absolute Gasteiger partial charge is 0.303 e. The van der Waals surface area contributed by atoms with E-state index >= 15 is 0 Å². The molecule has 1 heterocycles. The van der Waals surface area contributed by atoms with Crippen LogP contribution in [0.4, 0.5) is 0 Å². The van der Waals surface area contributed by atoms with Crippen molar-refractivity contribution in [2.24, 2.45) is 5.41 Å². The molecule has 19 heavy (non-hydrogen) atoms. The van der Waals surface area contributed by atoms with E-state index in [1.54, 1.807) is 0 Å². The number of amides is 1. The molecule has 1 amide bonds. The molecule has 5 heteroatoms. The molecule has 1 rings (SSSR count). The second-order valence-electron chi connectivity index (χ2n) is 5.42. The normalized spacial score (nSPS) is 23.0. The lowest BCUT2D eigenvalue weighted by Crippen LogP contribution is -2.50. The molecule has 0 aromatic carbocycles. The fraction of sp³-hybridized carbons (Fsp3) is 0.857. The van der Waals surface area contributed by atoms with E-state index < -0.39 is 5.97 Å². The molecule has 0 aromatic heterocycles. The van der Waals surface area contributed by atoms with Gasteiger partial charge in [-0.25, -0.2) is 0 Å². The van der Waals surface area contributed by atoms with E-state index in [0.29, 0.717) is 13.0 Å². The molecule has 0 bridgehead atoms. The molecular formula is C14H26N2O3. The maximum atomic E-state index is 12.3. The van der Waals surface area contributed by atoms with E-state index in [-0.39, 0.29) is 17.7 Å². The quantitative estimate of drug-likeness (QED) is 0.584. The molecule has 0 radical (unpaired) electrons. The van der Waals surface area contributed by atoms with Crippen molar-refractivity contribution in [2.75, 3.05) is 19.6 Å². The summed E-state index contributed by atoms with van der Waals surface area (Å²) in [4.78, 5) is 22.7. The molecule has 0 saturated carbocycles. The van der Waals surface area contributed by atoms with Gasteiger partial charge in [0.1, 0.15) is 0 Å². The van der Waals surface area contributed by atoms with Gasteiger partial charge in [-0.3, -0.25) is 9.59 Å². The number of aliphatic carboxylic acids is 1. The first kappa shape index (κ1) is 16.0. The van der Waals surface area contributed by atoms with Crippen LogP contribution in [0.2, 0.25) is 0 Å². The number of rotatable bonds is 8. The van der Waals surface area contributed by atoms with Crippen LogP contribution in [0.5, 0.6) is 0 Å². The SMILES string of the molecule is CCCC1(C(=O)NCCCCC(=O)O)CCCNC1. The van der Waals surface area contributed by atoms with Crippen LogP contribution in [-0.4, -0.2) is 36.6 Å². The van der Waals surface area contributed by atoms with E-state index in [1.807, 2.05) is 0 Å². The van der Waals surface area contributed by atoms with Gasteiger partial charge in [0.25, 0.3) is 0 Å². The minimum Gasteiger partial charge on any atom is -0.481 e. The van der Waals surface area contributed by atoms with Crippen molar-refractivity contribution < 1.29 is 14.7 Å². The molecule has 1 aliphatic rings. The van der Waals surface area contributed by atoms with E-state index in [0.717, 1.165) is 45.2 Å². The second-order valence-corrected chi connectivity index (χ2v) is 5.42. The van der Waals surface area contributed by atoms with E-state index in [9.17, 15) is 9.59 Å². The zero-order valence-corrected chi connectivity index (χ0v) is 11.8. The summed E-state index contributed by atoms with van der Waals surface area (Å²) in [6.07, 6.45) is 5.45. The summed E-state index contributed by atoms with van der Waals surface area (Å²) in [6, 6.07) is 0. The molecule has 0 spiro atoms. The number of carbonyl (C=O) groups is 2. The maximum Gasteiger partial charge on any atom is 0.303 e. The number of carbonyl (C=O) groups excluding carboxylic acids is 1. The standard InChI is InChI=1S/C14H26N2O3/c1-2-7-14(8-5-9-15-11-14)13(19)16-10-4-3-6-12(17)18/h15H,2-11H2,1H3,(H,16,19)(H,17,18). The highest BCUT2D eigenvalue weighted by atomic mass is 16.4. The number of hydrogen-bond acceptors (Lipinski definition) is 3. The molecule has 3 N–H and O–H groups in total. The average Bonchev–Trinajstić information content (AvgIpc) is 2.39. The summed E-state index contributed by atoms with van der Waals surface area (Å²) >= 11 is 0. The topological polar surface area (TPSA) is 78.4 Å². The molecule has 1 saturated heterocycles. The van der Waals surface area contributed by atoms with Crippen molar-refractivity contribution in [3.63, 3.8) is 0 Å². The Morgan fingerprint density at radius 2 is 2.16 bits per heavy atom. The van der Waals surface area contributed by atoms with E-state index in [1.165, 1.54) is 0 Å². The fourth-order valence-electron chi connectivity index (χ4n) is 2.76. The van der Waals surface area contributed by atoms with Crippen LogP contribution in [0.25, 0.3) is 0 Å². The molecule has 1 fully saturated rings. The summed E-state index contributed by atoms with van der Waals surface area (Å²) in [7, 11) is 0. The van der Waals surface area contributed by atoms with Gasteiger partial charge in [-0.2, -0.15) is 0 Å². The van der Waals surface area contributed by atoms with Crippen molar-refractivity contribution in [3.05, 3.63) is 0 Å². The van der Waals surface area contributed by atoms with Gasteiger partial charge in [0.2, 0.25) is 5.91 Å². The number of carboxylic acid groups (broad SMARTS) is 1. The Morgan fingerprint density at radius 1 is 1.37 bits per heavy atom. The molecule has 1 unspecified atom stereocenters. The Kier molecular flexibility index (Phi) is 6.84. The van der Waals surface area contributed by atoms with Crippen LogP contribution in [0, 0.1) is 5.41 Å². The second kappa shape index (κ2) is 8.15. The summed E-state index contributed by atoms with van der Waals surface area (Å²) in [6.45, 7) is 4.45. The average molecular weight is 270 g/mol. The Hall–Kier alpha value is -1.10. The third-order valence-corrected chi connectivity index (χ3v) is 3.79. The zero-order valence-electron chi connectivity index (χ0n) is 11.8. The fourth-order valence-corrected chi connectivity index (χ4v) is 2.76. The van der Waals surface area contributed by atoms with Gasteiger partial charge < -0.3 is 15.7 Å². The van der Waals surface area contributed by atoms with Crippen molar-refractivity contribution >= 4 is 11.9 Å². The molecule has 0 aromatic rings. The third-order valence-electron chi connectivity index (χ3n) is 3.79. The van der Waals surface area contributed by atoms with Gasteiger partial charge in [0, 0.05) is 19.5 Å². The van der Waals surface area contributed by atoms with Crippen LogP contribution >= 0.6 is 0 Å². The van der Waals surface area contributed by atoms with Crippen LogP contribution in [0.3, 0.4) is 0 Å². The first-order valence-corrected chi connectivity index (χ1v) is 7.31. The lowest BCUT2D eigenvalue weighted by molar-refractivity contribution is -0.137. The summed E-state index contributed by atoms with van der Waals surface area (Å²) < 4.78 is 0. The van der Waals surface area contributed by atoms with Crippen LogP contribution in [0.15, 0.2) is 0 Å². The van der Waals surface area contributed by atoms with Gasteiger partial charge in [-0.15, -0.1) is 0 Å². The van der Waals surface area contributed by atoms with Crippen molar-refractivity contribution in [3.8, 4) is 0 Å². The molecular weight excluding hydrogens is 244 g/mol. The summed E-state index contributed by atoms with van der Waals surface area (Å²) in [5, 5.41) is 14.8. The zero-order chi connectivity index (χ0) is 14.1. The lowest BCUT2D eigenvalue weighted by atomic mass is 9.76. The van der Waals surface area contributed by atoms with E-state index in [4.69, 9.17) is 5.11 Å². The Morgan fingerprint density at radius 3 is 2.74 bits per heavy atom. The maximum absolute atomic E-state index is 12.3. The number of carboxylic acids is 1. The first-order valence-electron chi connectivity index (χ1n) is 7.31. The molecule has 110 valence electrons. The predicted octanol–water partition coefficient (Wildman–Crippen LogP) is 1.53. The number of unbranched alkanes of at least 4 members (excludes halogenated alkanes) is 1. The van der Waals surface area contributed by atoms with Gasteiger partial charge in [0.05, 0.1) is 5.41 Å². The monoisotopic (exact) mass is 270 g/mol. The first-order chi connectivity index (χ1) is 9.10. The molecule has 0 aliphatic carbocycles. The lowest BCUT2D eigenvalue weighted by Gasteiger charge is -2.36. The highest BCUT2D eigenvalue weighted by Crippen LogP contribution is 2.31. The Labute approximate surface area is 115 Å². The highest BCUT2D eigenvalue weighted by Gasteiger charge is 2.38. The van der Waals surface area contributed by atoms with Gasteiger partial charge in [-0.1, -0.05) is 13.3 Å². The number of piperidine rings is 1. The largest absolute Gasteiger partial charge is 0.481 e. The molecule has 1 atom stereocenters. The van der Waals surface area contributed by atoms with Gasteiger partial charge in [0.15, 0.2) is 0 Å². The van der Waals surface area contributed by atoms with E-state index in [2.05, 4.69) is 17.6 Å². The highest BCUT2D eigenvalue weighted by molar-refractivity contribution is 5.83. The van der Waals surface area contributed by atoms with Gasteiger partial charge in [-0.05, 0) is 38.6 Å². The molecule has 1 aliphatic heterocycles. The minimum absolute atomic E-state index is 0.136. The van der Waals surface area contributed by atoms with Crippen molar-refractivity contribution in [1.29, 1.82) is 0 Å². The van der Waals surface area contributed by atoms with Crippen molar-refractivity contribution in [2.45, 2.75) is 51.9 Å². The third kappa shape index (κ3) is 5.19.